The molecule has 1 aromatic rings. The van der Waals surface area contributed by atoms with Gasteiger partial charge in [-0.15, -0.1) is 0 Å². The third-order valence-electron chi connectivity index (χ3n) is 1.92. The van der Waals surface area contributed by atoms with Crippen LogP contribution < -0.4 is 10.1 Å². The predicted molar refractivity (Wildman–Crippen MR) is 60.6 cm³/mol. The SMILES string of the molecule is Cc1ccc(Br)c2c1OCC(=S)N2. The van der Waals surface area contributed by atoms with Crippen molar-refractivity contribution in [2.24, 2.45) is 0 Å². The molecule has 1 aliphatic rings. The minimum atomic E-state index is 0.472. The minimum absolute atomic E-state index is 0.472. The Morgan fingerprint density at radius 1 is 1.54 bits per heavy atom. The van der Waals surface area contributed by atoms with Crippen LogP contribution in [0.25, 0.3) is 0 Å². The second-order valence-electron chi connectivity index (χ2n) is 2.91. The van der Waals surface area contributed by atoms with Gasteiger partial charge in [-0.1, -0.05) is 18.3 Å². The van der Waals surface area contributed by atoms with Crippen LogP contribution in [0.1, 0.15) is 5.56 Å². The van der Waals surface area contributed by atoms with E-state index in [1.165, 1.54) is 0 Å². The van der Waals surface area contributed by atoms with Gasteiger partial charge in [-0.05, 0) is 34.5 Å². The lowest BCUT2D eigenvalue weighted by Gasteiger charge is -2.22. The molecule has 0 radical (unpaired) electrons. The Labute approximate surface area is 90.4 Å². The number of hydrogen-bond acceptors (Lipinski definition) is 2. The summed E-state index contributed by atoms with van der Waals surface area (Å²) in [4.78, 5) is 0.721. The first-order valence-electron chi connectivity index (χ1n) is 3.90. The van der Waals surface area contributed by atoms with Crippen molar-refractivity contribution < 1.29 is 4.74 Å². The number of hydrogen-bond donors (Lipinski definition) is 1. The van der Waals surface area contributed by atoms with Crippen LogP contribution in [0.3, 0.4) is 0 Å². The summed E-state index contributed by atoms with van der Waals surface area (Å²) in [6, 6.07) is 4.00. The fourth-order valence-corrected chi connectivity index (χ4v) is 1.85. The van der Waals surface area contributed by atoms with E-state index in [1.54, 1.807) is 0 Å². The summed E-state index contributed by atoms with van der Waals surface area (Å²) in [5.74, 6) is 0.892. The molecule has 2 rings (SSSR count). The van der Waals surface area contributed by atoms with Crippen LogP contribution in [0.15, 0.2) is 16.6 Å². The fraction of sp³-hybridized carbons (Fsp3) is 0.222. The molecule has 1 N–H and O–H groups in total. The van der Waals surface area contributed by atoms with Crippen LogP contribution in [0.4, 0.5) is 5.69 Å². The summed E-state index contributed by atoms with van der Waals surface area (Å²) in [6.07, 6.45) is 0. The highest BCUT2D eigenvalue weighted by Gasteiger charge is 2.17. The lowest BCUT2D eigenvalue weighted by molar-refractivity contribution is 0.372. The second kappa shape index (κ2) is 3.27. The molecule has 2 nitrogen and oxygen atoms in total. The molecule has 13 heavy (non-hydrogen) atoms. The van der Waals surface area contributed by atoms with Gasteiger partial charge in [0.1, 0.15) is 17.3 Å². The fourth-order valence-electron chi connectivity index (χ4n) is 1.28. The normalized spacial score (nSPS) is 14.5. The van der Waals surface area contributed by atoms with Gasteiger partial charge in [-0.3, -0.25) is 0 Å². The van der Waals surface area contributed by atoms with Gasteiger partial charge in [0.05, 0.1) is 5.69 Å². The van der Waals surface area contributed by atoms with Gasteiger partial charge >= 0.3 is 0 Å². The van der Waals surface area contributed by atoms with Crippen LogP contribution in [-0.4, -0.2) is 11.6 Å². The molecule has 0 saturated carbocycles. The average Bonchev–Trinajstić information content (AvgIpc) is 2.12. The molecule has 1 aliphatic heterocycles. The van der Waals surface area contributed by atoms with E-state index >= 15 is 0 Å². The molecular formula is C9H8BrNOS. The van der Waals surface area contributed by atoms with Gasteiger partial charge in [0.2, 0.25) is 0 Å². The van der Waals surface area contributed by atoms with E-state index < -0.39 is 0 Å². The molecular weight excluding hydrogens is 250 g/mol. The average molecular weight is 258 g/mol. The highest BCUT2D eigenvalue weighted by atomic mass is 79.9. The predicted octanol–water partition coefficient (Wildman–Crippen LogP) is 2.89. The van der Waals surface area contributed by atoms with Crippen molar-refractivity contribution in [2.45, 2.75) is 6.92 Å². The van der Waals surface area contributed by atoms with Crippen LogP contribution in [0, 0.1) is 6.92 Å². The quantitative estimate of drug-likeness (QED) is 0.723. The summed E-state index contributed by atoms with van der Waals surface area (Å²) in [5, 5.41) is 3.13. The van der Waals surface area contributed by atoms with Gasteiger partial charge in [0.25, 0.3) is 0 Å². The molecule has 0 saturated heterocycles. The largest absolute Gasteiger partial charge is 0.484 e. The third-order valence-corrected chi connectivity index (χ3v) is 2.80. The molecule has 1 heterocycles. The molecule has 0 amide bonds. The molecule has 4 heteroatoms. The van der Waals surface area contributed by atoms with Gasteiger partial charge in [-0.2, -0.15) is 0 Å². The van der Waals surface area contributed by atoms with E-state index in [0.29, 0.717) is 6.61 Å². The van der Waals surface area contributed by atoms with Crippen molar-refractivity contribution >= 4 is 38.8 Å². The number of anilines is 1. The number of nitrogens with one attached hydrogen (secondary N) is 1. The zero-order valence-corrected chi connectivity index (χ0v) is 9.46. The van der Waals surface area contributed by atoms with E-state index in [9.17, 15) is 0 Å². The smallest absolute Gasteiger partial charge is 0.147 e. The lowest BCUT2D eigenvalue weighted by atomic mass is 10.2. The van der Waals surface area contributed by atoms with Crippen molar-refractivity contribution in [2.75, 3.05) is 11.9 Å². The highest BCUT2D eigenvalue weighted by Crippen LogP contribution is 2.37. The Hall–Kier alpha value is -0.610. The van der Waals surface area contributed by atoms with Crippen molar-refractivity contribution in [3.05, 3.63) is 22.2 Å². The molecule has 0 spiro atoms. The first-order valence-corrected chi connectivity index (χ1v) is 5.10. The number of rotatable bonds is 0. The number of ether oxygens (including phenoxy) is 1. The summed E-state index contributed by atoms with van der Waals surface area (Å²) >= 11 is 8.47. The van der Waals surface area contributed by atoms with Crippen molar-refractivity contribution in [1.29, 1.82) is 0 Å². The van der Waals surface area contributed by atoms with E-state index in [-0.39, 0.29) is 0 Å². The highest BCUT2D eigenvalue weighted by molar-refractivity contribution is 9.10. The number of benzene rings is 1. The number of fused-ring (bicyclic) bond motifs is 1. The van der Waals surface area contributed by atoms with Crippen LogP contribution in [-0.2, 0) is 0 Å². The molecule has 0 atom stereocenters. The van der Waals surface area contributed by atoms with Gasteiger partial charge in [0.15, 0.2) is 0 Å². The standard InChI is InChI=1S/C9H8BrNOS/c1-5-2-3-6(10)8-9(5)12-4-7(13)11-8/h2-3H,4H2,1H3,(H,11,13). The molecule has 68 valence electrons. The molecule has 0 unspecified atom stereocenters. The van der Waals surface area contributed by atoms with Crippen LogP contribution in [0.5, 0.6) is 5.75 Å². The molecule has 0 fully saturated rings. The lowest BCUT2D eigenvalue weighted by Crippen LogP contribution is -2.24. The Morgan fingerprint density at radius 3 is 3.08 bits per heavy atom. The maximum absolute atomic E-state index is 5.51. The summed E-state index contributed by atoms with van der Waals surface area (Å²) in [6.45, 7) is 2.49. The molecule has 0 bridgehead atoms. The Bertz CT molecular complexity index is 378. The van der Waals surface area contributed by atoms with E-state index in [2.05, 4.69) is 21.2 Å². The Balaban J connectivity index is 2.57. The zero-order chi connectivity index (χ0) is 9.42. The van der Waals surface area contributed by atoms with E-state index in [0.717, 1.165) is 26.5 Å². The monoisotopic (exact) mass is 257 g/mol. The van der Waals surface area contributed by atoms with Gasteiger partial charge in [-0.25, -0.2) is 0 Å². The second-order valence-corrected chi connectivity index (χ2v) is 4.25. The van der Waals surface area contributed by atoms with E-state index in [1.807, 2.05) is 19.1 Å². The third kappa shape index (κ3) is 1.56. The minimum Gasteiger partial charge on any atom is -0.484 e. The van der Waals surface area contributed by atoms with Crippen molar-refractivity contribution in [3.8, 4) is 5.75 Å². The first-order chi connectivity index (χ1) is 6.18. The number of thiocarbonyl (C=S) groups is 1. The zero-order valence-electron chi connectivity index (χ0n) is 7.06. The van der Waals surface area contributed by atoms with Crippen molar-refractivity contribution in [3.63, 3.8) is 0 Å². The molecule has 1 aromatic carbocycles. The van der Waals surface area contributed by atoms with Crippen LogP contribution >= 0.6 is 28.1 Å². The van der Waals surface area contributed by atoms with Crippen LogP contribution in [0.2, 0.25) is 0 Å². The van der Waals surface area contributed by atoms with Gasteiger partial charge in [0, 0.05) is 4.47 Å². The summed E-state index contributed by atoms with van der Waals surface area (Å²) in [5.41, 5.74) is 2.06. The summed E-state index contributed by atoms with van der Waals surface area (Å²) in [7, 11) is 0. The maximum atomic E-state index is 5.51. The Kier molecular flexibility index (Phi) is 2.26. The summed E-state index contributed by atoms with van der Waals surface area (Å²) < 4.78 is 6.50. The van der Waals surface area contributed by atoms with Crippen molar-refractivity contribution in [1.82, 2.24) is 0 Å². The topological polar surface area (TPSA) is 21.3 Å². The molecule has 0 aliphatic carbocycles. The van der Waals surface area contributed by atoms with Gasteiger partial charge < -0.3 is 10.1 Å². The maximum Gasteiger partial charge on any atom is 0.147 e. The van der Waals surface area contributed by atoms with E-state index in [4.69, 9.17) is 17.0 Å². The number of aryl methyl sites for hydroxylation is 1. The Morgan fingerprint density at radius 2 is 2.31 bits per heavy atom. The first kappa shape index (κ1) is 8.97. The number of halogens is 1. The molecule has 0 aromatic heterocycles.